The van der Waals surface area contributed by atoms with Crippen molar-refractivity contribution in [1.82, 2.24) is 0 Å². The van der Waals surface area contributed by atoms with E-state index in [-0.39, 0.29) is 24.3 Å². The third-order valence-electron chi connectivity index (χ3n) is 3.89. The van der Waals surface area contributed by atoms with Crippen molar-refractivity contribution in [3.8, 4) is 5.75 Å². The summed E-state index contributed by atoms with van der Waals surface area (Å²) in [5.41, 5.74) is 0.672. The minimum absolute atomic E-state index is 0.0560. The molecule has 0 aliphatic heterocycles. The molecule has 0 amide bonds. The fourth-order valence-electron chi connectivity index (χ4n) is 2.69. The molecule has 0 bridgehead atoms. The molecule has 0 unspecified atom stereocenters. The Balaban J connectivity index is 2.27. The molecule has 0 aliphatic carbocycles. The van der Waals surface area contributed by atoms with Gasteiger partial charge in [0, 0.05) is 12.0 Å². The molecule has 0 fully saturated rings. The summed E-state index contributed by atoms with van der Waals surface area (Å²) in [5, 5.41) is 0. The Morgan fingerprint density at radius 2 is 1.68 bits per heavy atom. The number of hydrogen-bond donors (Lipinski definition) is 0. The molecule has 134 valence electrons. The number of carbonyl (C=O) groups is 1. The van der Waals surface area contributed by atoms with Gasteiger partial charge in [0.25, 0.3) is 6.43 Å². The number of Topliss-reactive ketones (excluding diaryl/α,β-unsaturated/α-hetero) is 1. The van der Waals surface area contributed by atoms with E-state index in [1.165, 1.54) is 12.1 Å². The number of aryl methyl sites for hydroxylation is 1. The van der Waals surface area contributed by atoms with E-state index in [1.807, 2.05) is 12.1 Å². The zero-order valence-corrected chi connectivity index (χ0v) is 14.3. The van der Waals surface area contributed by atoms with Crippen molar-refractivity contribution >= 4 is 5.78 Å². The first-order valence-corrected chi connectivity index (χ1v) is 8.32. The monoisotopic (exact) mass is 350 g/mol. The second-order valence-electron chi connectivity index (χ2n) is 5.74. The molecule has 0 aromatic heterocycles. The first-order valence-electron chi connectivity index (χ1n) is 8.32. The quantitative estimate of drug-likeness (QED) is 0.584. The van der Waals surface area contributed by atoms with Crippen LogP contribution in [0.4, 0.5) is 13.2 Å². The highest BCUT2D eigenvalue weighted by Crippen LogP contribution is 2.32. The molecule has 0 saturated carbocycles. The molecule has 2 rings (SSSR count). The topological polar surface area (TPSA) is 26.3 Å². The summed E-state index contributed by atoms with van der Waals surface area (Å²) in [6.45, 7) is 3.85. The fourth-order valence-corrected chi connectivity index (χ4v) is 2.69. The molecule has 0 heterocycles. The van der Waals surface area contributed by atoms with Crippen LogP contribution in [0.2, 0.25) is 0 Å². The van der Waals surface area contributed by atoms with Gasteiger partial charge in [-0.2, -0.15) is 0 Å². The third kappa shape index (κ3) is 4.62. The van der Waals surface area contributed by atoms with Crippen LogP contribution in [0.15, 0.2) is 36.4 Å². The van der Waals surface area contributed by atoms with E-state index in [0.717, 1.165) is 18.4 Å². The molecule has 25 heavy (non-hydrogen) atoms. The molecule has 0 aliphatic rings. The average molecular weight is 350 g/mol. The van der Waals surface area contributed by atoms with Gasteiger partial charge in [-0.15, -0.1) is 0 Å². The predicted molar refractivity (Wildman–Crippen MR) is 91.0 cm³/mol. The Hall–Kier alpha value is -2.30. The molecule has 2 aromatic rings. The molecule has 0 radical (unpaired) electrons. The maximum absolute atomic E-state index is 14.3. The van der Waals surface area contributed by atoms with Gasteiger partial charge in [0.1, 0.15) is 0 Å². The largest absolute Gasteiger partial charge is 0.491 e. The van der Waals surface area contributed by atoms with Crippen molar-refractivity contribution in [2.75, 3.05) is 6.61 Å². The minimum Gasteiger partial charge on any atom is -0.491 e. The molecular weight excluding hydrogens is 329 g/mol. The zero-order valence-electron chi connectivity index (χ0n) is 14.3. The summed E-state index contributed by atoms with van der Waals surface area (Å²) in [6.07, 6.45) is -1.19. The number of carbonyl (C=O) groups excluding carboxylic acids is 1. The van der Waals surface area contributed by atoms with Crippen LogP contribution in [0.5, 0.6) is 5.75 Å². The lowest BCUT2D eigenvalue weighted by molar-refractivity contribution is 0.0975. The Bertz CT molecular complexity index is 724. The molecule has 0 saturated heterocycles. The van der Waals surface area contributed by atoms with Crippen molar-refractivity contribution in [1.29, 1.82) is 0 Å². The number of benzene rings is 2. The van der Waals surface area contributed by atoms with E-state index in [0.29, 0.717) is 5.56 Å². The number of ether oxygens (including phenoxy) is 1. The van der Waals surface area contributed by atoms with Crippen LogP contribution >= 0.6 is 0 Å². The highest BCUT2D eigenvalue weighted by Gasteiger charge is 2.25. The van der Waals surface area contributed by atoms with Crippen LogP contribution < -0.4 is 4.74 Å². The fraction of sp³-hybridized carbons (Fsp3) is 0.350. The van der Waals surface area contributed by atoms with Crippen molar-refractivity contribution in [3.05, 3.63) is 64.5 Å². The zero-order chi connectivity index (χ0) is 18.4. The molecule has 5 heteroatoms. The first-order chi connectivity index (χ1) is 12.0. The summed E-state index contributed by atoms with van der Waals surface area (Å²) >= 11 is 0. The Morgan fingerprint density at radius 1 is 1.04 bits per heavy atom. The van der Waals surface area contributed by atoms with Gasteiger partial charge in [-0.3, -0.25) is 4.79 Å². The van der Waals surface area contributed by atoms with Gasteiger partial charge in [-0.25, -0.2) is 13.2 Å². The maximum Gasteiger partial charge on any atom is 0.267 e. The van der Waals surface area contributed by atoms with Crippen molar-refractivity contribution in [2.45, 2.75) is 39.5 Å². The SMILES string of the molecule is CCCc1ccc(CC(=O)c2ccc(OCC)c(F)c2C(F)F)cc1. The van der Waals surface area contributed by atoms with Crippen LogP contribution in [-0.2, 0) is 12.8 Å². The highest BCUT2D eigenvalue weighted by molar-refractivity contribution is 5.99. The Morgan fingerprint density at radius 3 is 2.24 bits per heavy atom. The lowest BCUT2D eigenvalue weighted by Gasteiger charge is -2.13. The molecular formula is C20H21F3O2. The van der Waals surface area contributed by atoms with Crippen molar-refractivity contribution < 1.29 is 22.7 Å². The molecule has 2 aromatic carbocycles. The second-order valence-corrected chi connectivity index (χ2v) is 5.74. The standard InChI is InChI=1S/C20H21F3O2/c1-3-5-13-6-8-14(9-7-13)12-16(24)15-10-11-17(25-4-2)19(21)18(15)20(22)23/h6-11,20H,3-5,12H2,1-2H3. The Labute approximate surface area is 145 Å². The lowest BCUT2D eigenvalue weighted by atomic mass is 9.97. The van der Waals surface area contributed by atoms with Gasteiger partial charge in [0.05, 0.1) is 12.2 Å². The van der Waals surface area contributed by atoms with Crippen LogP contribution in [0.3, 0.4) is 0 Å². The first kappa shape index (κ1) is 19.0. The molecule has 0 atom stereocenters. The maximum atomic E-state index is 14.3. The number of rotatable bonds is 8. The second kappa shape index (κ2) is 8.70. The van der Waals surface area contributed by atoms with Gasteiger partial charge >= 0.3 is 0 Å². The van der Waals surface area contributed by atoms with Gasteiger partial charge < -0.3 is 4.74 Å². The smallest absolute Gasteiger partial charge is 0.267 e. The van der Waals surface area contributed by atoms with Crippen LogP contribution in [0.25, 0.3) is 0 Å². The van der Waals surface area contributed by atoms with Crippen LogP contribution in [0.1, 0.15) is 53.7 Å². The van der Waals surface area contributed by atoms with E-state index < -0.39 is 23.6 Å². The summed E-state index contributed by atoms with van der Waals surface area (Å²) in [6, 6.07) is 9.87. The molecule has 0 spiro atoms. The average Bonchev–Trinajstić information content (AvgIpc) is 2.58. The van der Waals surface area contributed by atoms with Gasteiger partial charge in [0.2, 0.25) is 0 Å². The van der Waals surface area contributed by atoms with E-state index in [2.05, 4.69) is 6.92 Å². The van der Waals surface area contributed by atoms with Crippen LogP contribution in [0, 0.1) is 5.82 Å². The highest BCUT2D eigenvalue weighted by atomic mass is 19.3. The minimum atomic E-state index is -3.09. The van der Waals surface area contributed by atoms with E-state index in [4.69, 9.17) is 4.74 Å². The molecule has 0 N–H and O–H groups in total. The number of halogens is 3. The van der Waals surface area contributed by atoms with E-state index in [1.54, 1.807) is 19.1 Å². The number of hydrogen-bond acceptors (Lipinski definition) is 2. The third-order valence-corrected chi connectivity index (χ3v) is 3.89. The van der Waals surface area contributed by atoms with Gasteiger partial charge in [-0.1, -0.05) is 37.6 Å². The summed E-state index contributed by atoms with van der Waals surface area (Å²) in [7, 11) is 0. The predicted octanol–water partition coefficient (Wildman–Crippen LogP) is 5.54. The van der Waals surface area contributed by atoms with Crippen molar-refractivity contribution in [3.63, 3.8) is 0 Å². The lowest BCUT2D eigenvalue weighted by Crippen LogP contribution is -2.11. The number of ketones is 1. The van der Waals surface area contributed by atoms with Gasteiger partial charge in [-0.05, 0) is 36.6 Å². The van der Waals surface area contributed by atoms with Crippen molar-refractivity contribution in [2.24, 2.45) is 0 Å². The van der Waals surface area contributed by atoms with E-state index >= 15 is 0 Å². The summed E-state index contributed by atoms with van der Waals surface area (Å²) < 4.78 is 45.8. The van der Waals surface area contributed by atoms with Crippen LogP contribution in [-0.4, -0.2) is 12.4 Å². The van der Waals surface area contributed by atoms with E-state index in [9.17, 15) is 18.0 Å². The normalized spacial score (nSPS) is 11.0. The molecule has 2 nitrogen and oxygen atoms in total. The summed E-state index contributed by atoms with van der Waals surface area (Å²) in [5.74, 6) is -1.97. The summed E-state index contributed by atoms with van der Waals surface area (Å²) in [4.78, 5) is 12.4. The number of alkyl halides is 2. The Kier molecular flexibility index (Phi) is 6.62. The van der Waals surface area contributed by atoms with Gasteiger partial charge in [0.15, 0.2) is 17.3 Å².